The standard InChI is InChI=1S/C9H16N2O/c1-10-5-6-11(7-12)9-4-2-3-8(9)10/h7-9H,2-6H2,1H3. The Bertz CT molecular complexity index is 183. The second-order valence-corrected chi connectivity index (χ2v) is 3.89. The molecule has 0 N–H and O–H groups in total. The third-order valence-electron chi connectivity index (χ3n) is 3.28. The Hall–Kier alpha value is -0.570. The van der Waals surface area contributed by atoms with Crippen LogP contribution in [0.1, 0.15) is 19.3 Å². The van der Waals surface area contributed by atoms with Crippen molar-refractivity contribution in [2.45, 2.75) is 31.3 Å². The molecule has 2 aliphatic rings. The van der Waals surface area contributed by atoms with Crippen molar-refractivity contribution < 1.29 is 4.79 Å². The van der Waals surface area contributed by atoms with E-state index in [2.05, 4.69) is 11.9 Å². The van der Waals surface area contributed by atoms with Gasteiger partial charge in [0.2, 0.25) is 6.41 Å². The van der Waals surface area contributed by atoms with Crippen LogP contribution in [0.15, 0.2) is 0 Å². The van der Waals surface area contributed by atoms with E-state index in [4.69, 9.17) is 0 Å². The van der Waals surface area contributed by atoms with Crippen LogP contribution in [0.4, 0.5) is 0 Å². The first-order chi connectivity index (χ1) is 5.83. The molecule has 68 valence electrons. The summed E-state index contributed by atoms with van der Waals surface area (Å²) in [7, 11) is 2.17. The molecule has 3 heteroatoms. The van der Waals surface area contributed by atoms with E-state index in [1.807, 2.05) is 4.90 Å². The quantitative estimate of drug-likeness (QED) is 0.526. The first kappa shape index (κ1) is 8.05. The highest BCUT2D eigenvalue weighted by Crippen LogP contribution is 2.29. The molecule has 1 heterocycles. The molecule has 2 unspecified atom stereocenters. The van der Waals surface area contributed by atoms with E-state index in [-0.39, 0.29) is 0 Å². The minimum Gasteiger partial charge on any atom is -0.339 e. The summed E-state index contributed by atoms with van der Waals surface area (Å²) >= 11 is 0. The van der Waals surface area contributed by atoms with Crippen molar-refractivity contribution in [1.82, 2.24) is 9.80 Å². The molecule has 1 aliphatic carbocycles. The van der Waals surface area contributed by atoms with Crippen LogP contribution in [0.3, 0.4) is 0 Å². The molecule has 2 atom stereocenters. The van der Waals surface area contributed by atoms with Gasteiger partial charge in [-0.3, -0.25) is 9.69 Å². The van der Waals surface area contributed by atoms with Crippen LogP contribution >= 0.6 is 0 Å². The number of hydrogen-bond donors (Lipinski definition) is 0. The number of rotatable bonds is 1. The van der Waals surface area contributed by atoms with Crippen LogP contribution in [0.25, 0.3) is 0 Å². The predicted molar refractivity (Wildman–Crippen MR) is 46.8 cm³/mol. The molecule has 2 fully saturated rings. The molecule has 1 amide bonds. The molecule has 1 saturated heterocycles. The summed E-state index contributed by atoms with van der Waals surface area (Å²) in [5.41, 5.74) is 0. The van der Waals surface area contributed by atoms with Crippen LogP contribution in [0.2, 0.25) is 0 Å². The van der Waals surface area contributed by atoms with Gasteiger partial charge in [0.05, 0.1) is 0 Å². The maximum Gasteiger partial charge on any atom is 0.210 e. The van der Waals surface area contributed by atoms with E-state index >= 15 is 0 Å². The number of fused-ring (bicyclic) bond motifs is 1. The fourth-order valence-corrected chi connectivity index (χ4v) is 2.56. The van der Waals surface area contributed by atoms with Gasteiger partial charge >= 0.3 is 0 Å². The Balaban J connectivity index is 2.10. The average Bonchev–Trinajstić information content (AvgIpc) is 2.54. The minimum atomic E-state index is 0.515. The van der Waals surface area contributed by atoms with Gasteiger partial charge in [0, 0.05) is 25.2 Å². The average molecular weight is 168 g/mol. The molecule has 1 aliphatic heterocycles. The Morgan fingerprint density at radius 3 is 2.75 bits per heavy atom. The molecule has 0 bridgehead atoms. The number of likely N-dealkylation sites (N-methyl/N-ethyl adjacent to an activating group) is 1. The maximum atomic E-state index is 10.7. The van der Waals surface area contributed by atoms with Crippen molar-refractivity contribution in [1.29, 1.82) is 0 Å². The smallest absolute Gasteiger partial charge is 0.210 e. The van der Waals surface area contributed by atoms with Crippen molar-refractivity contribution in [3.63, 3.8) is 0 Å². The second-order valence-electron chi connectivity index (χ2n) is 3.89. The summed E-state index contributed by atoms with van der Waals surface area (Å²) in [5, 5.41) is 0. The van der Waals surface area contributed by atoms with E-state index in [0.29, 0.717) is 12.1 Å². The third-order valence-corrected chi connectivity index (χ3v) is 3.28. The lowest BCUT2D eigenvalue weighted by Gasteiger charge is -2.41. The summed E-state index contributed by atoms with van der Waals surface area (Å²) in [6.07, 6.45) is 4.78. The molecule has 0 aromatic carbocycles. The normalized spacial score (nSPS) is 36.6. The molecular weight excluding hydrogens is 152 g/mol. The number of carbonyl (C=O) groups is 1. The lowest BCUT2D eigenvalue weighted by atomic mass is 10.1. The summed E-state index contributed by atoms with van der Waals surface area (Å²) < 4.78 is 0. The Morgan fingerprint density at radius 1 is 1.25 bits per heavy atom. The lowest BCUT2D eigenvalue weighted by molar-refractivity contribution is -0.123. The highest BCUT2D eigenvalue weighted by molar-refractivity contribution is 5.48. The maximum absolute atomic E-state index is 10.7. The van der Waals surface area contributed by atoms with Gasteiger partial charge < -0.3 is 4.90 Å². The Kier molecular flexibility index (Phi) is 2.05. The van der Waals surface area contributed by atoms with Crippen LogP contribution in [-0.4, -0.2) is 48.4 Å². The highest BCUT2D eigenvalue weighted by atomic mass is 16.1. The largest absolute Gasteiger partial charge is 0.339 e. The summed E-state index contributed by atoms with van der Waals surface area (Å²) in [6.45, 7) is 1.96. The third kappa shape index (κ3) is 1.12. The van der Waals surface area contributed by atoms with E-state index in [1.54, 1.807) is 0 Å². The summed E-state index contributed by atoms with van der Waals surface area (Å²) in [6, 6.07) is 1.16. The molecule has 0 aromatic rings. The monoisotopic (exact) mass is 168 g/mol. The van der Waals surface area contributed by atoms with Gasteiger partial charge in [0.1, 0.15) is 0 Å². The highest BCUT2D eigenvalue weighted by Gasteiger charge is 2.37. The second kappa shape index (κ2) is 3.05. The Labute approximate surface area is 73.3 Å². The number of nitrogens with zero attached hydrogens (tertiary/aromatic N) is 2. The zero-order valence-corrected chi connectivity index (χ0v) is 7.57. The SMILES string of the molecule is CN1CCN(C=O)C2CCCC21. The first-order valence-corrected chi connectivity index (χ1v) is 4.74. The van der Waals surface area contributed by atoms with Gasteiger partial charge in [-0.25, -0.2) is 0 Å². The topological polar surface area (TPSA) is 23.6 Å². The van der Waals surface area contributed by atoms with Gasteiger partial charge in [0.25, 0.3) is 0 Å². The van der Waals surface area contributed by atoms with Crippen molar-refractivity contribution in [2.24, 2.45) is 0 Å². The fraction of sp³-hybridized carbons (Fsp3) is 0.889. The van der Waals surface area contributed by atoms with Crippen molar-refractivity contribution in [2.75, 3.05) is 20.1 Å². The lowest BCUT2D eigenvalue weighted by Crippen LogP contribution is -2.55. The van der Waals surface area contributed by atoms with Crippen LogP contribution in [0, 0.1) is 0 Å². The molecule has 1 saturated carbocycles. The molecule has 3 nitrogen and oxygen atoms in total. The zero-order chi connectivity index (χ0) is 8.55. The molecule has 0 aromatic heterocycles. The van der Waals surface area contributed by atoms with Crippen LogP contribution in [-0.2, 0) is 4.79 Å². The zero-order valence-electron chi connectivity index (χ0n) is 7.57. The molecule has 12 heavy (non-hydrogen) atoms. The van der Waals surface area contributed by atoms with Crippen molar-refractivity contribution in [3.05, 3.63) is 0 Å². The molecule has 2 rings (SSSR count). The van der Waals surface area contributed by atoms with Crippen molar-refractivity contribution >= 4 is 6.41 Å². The number of piperazine rings is 1. The van der Waals surface area contributed by atoms with Gasteiger partial charge in [0.15, 0.2) is 0 Å². The van der Waals surface area contributed by atoms with Gasteiger partial charge in [-0.15, -0.1) is 0 Å². The minimum absolute atomic E-state index is 0.515. The van der Waals surface area contributed by atoms with E-state index in [0.717, 1.165) is 19.5 Å². The number of amides is 1. The summed E-state index contributed by atoms with van der Waals surface area (Å²) in [5.74, 6) is 0. The van der Waals surface area contributed by atoms with Crippen LogP contribution < -0.4 is 0 Å². The van der Waals surface area contributed by atoms with E-state index in [1.165, 1.54) is 19.3 Å². The Morgan fingerprint density at radius 2 is 2.00 bits per heavy atom. The molecular formula is C9H16N2O. The van der Waals surface area contributed by atoms with Gasteiger partial charge in [-0.2, -0.15) is 0 Å². The molecule has 0 spiro atoms. The summed E-state index contributed by atoms with van der Waals surface area (Å²) in [4.78, 5) is 15.1. The molecule has 0 radical (unpaired) electrons. The number of hydrogen-bond acceptors (Lipinski definition) is 2. The first-order valence-electron chi connectivity index (χ1n) is 4.74. The van der Waals surface area contributed by atoms with E-state index < -0.39 is 0 Å². The van der Waals surface area contributed by atoms with Gasteiger partial charge in [-0.1, -0.05) is 0 Å². The van der Waals surface area contributed by atoms with Gasteiger partial charge in [-0.05, 0) is 26.3 Å². The van der Waals surface area contributed by atoms with Crippen molar-refractivity contribution in [3.8, 4) is 0 Å². The predicted octanol–water partition coefficient (Wildman–Crippen LogP) is 0.311. The fourth-order valence-electron chi connectivity index (χ4n) is 2.56. The number of carbonyl (C=O) groups excluding carboxylic acids is 1. The van der Waals surface area contributed by atoms with E-state index in [9.17, 15) is 4.79 Å². The van der Waals surface area contributed by atoms with Crippen LogP contribution in [0.5, 0.6) is 0 Å².